The van der Waals surface area contributed by atoms with Crippen molar-refractivity contribution >= 4 is 15.9 Å². The molecule has 2 aromatic rings. The molecular formula is C16H17BrO. The smallest absolute Gasteiger partial charge is 0.105 e. The van der Waals surface area contributed by atoms with E-state index in [1.807, 2.05) is 44.2 Å². The van der Waals surface area contributed by atoms with Crippen molar-refractivity contribution in [3.63, 3.8) is 0 Å². The van der Waals surface area contributed by atoms with Crippen LogP contribution in [0.25, 0.3) is 0 Å². The van der Waals surface area contributed by atoms with E-state index in [9.17, 15) is 5.11 Å². The van der Waals surface area contributed by atoms with E-state index in [-0.39, 0.29) is 0 Å². The molecule has 0 heterocycles. The molecule has 0 saturated heterocycles. The quantitative estimate of drug-likeness (QED) is 0.868. The molecule has 0 spiro atoms. The maximum atomic E-state index is 10.5. The third-order valence-corrected chi connectivity index (χ3v) is 3.75. The zero-order valence-electron chi connectivity index (χ0n) is 10.9. The van der Waals surface area contributed by atoms with Crippen LogP contribution in [0.2, 0.25) is 0 Å². The summed E-state index contributed by atoms with van der Waals surface area (Å²) >= 11 is 3.46. The molecule has 0 aliphatic rings. The van der Waals surface area contributed by atoms with Gasteiger partial charge in [0.2, 0.25) is 0 Å². The molecule has 94 valence electrons. The zero-order valence-corrected chi connectivity index (χ0v) is 12.5. The fraction of sp³-hybridized carbons (Fsp3) is 0.250. The Labute approximate surface area is 117 Å². The standard InChI is InChI=1S/C16H17BrO/c1-10-4-7-14(12(3)8-10)16(18)15-9-13(17)6-5-11(15)2/h4-9,16,18H,1-3H3. The Morgan fingerprint density at radius 3 is 2.28 bits per heavy atom. The Morgan fingerprint density at radius 2 is 1.61 bits per heavy atom. The highest BCUT2D eigenvalue weighted by molar-refractivity contribution is 9.10. The van der Waals surface area contributed by atoms with Gasteiger partial charge in [-0.05, 0) is 55.2 Å². The highest BCUT2D eigenvalue weighted by atomic mass is 79.9. The van der Waals surface area contributed by atoms with Crippen molar-refractivity contribution in [1.29, 1.82) is 0 Å². The Hall–Kier alpha value is -1.12. The Balaban J connectivity index is 2.47. The number of halogens is 1. The van der Waals surface area contributed by atoms with Crippen molar-refractivity contribution in [1.82, 2.24) is 0 Å². The third-order valence-electron chi connectivity index (χ3n) is 3.26. The number of hydrogen-bond acceptors (Lipinski definition) is 1. The van der Waals surface area contributed by atoms with E-state index >= 15 is 0 Å². The number of hydrogen-bond donors (Lipinski definition) is 1. The van der Waals surface area contributed by atoms with Crippen molar-refractivity contribution < 1.29 is 5.11 Å². The SMILES string of the molecule is Cc1ccc(C(O)c2cc(Br)ccc2C)c(C)c1. The Kier molecular flexibility index (Phi) is 3.88. The molecule has 0 fully saturated rings. The van der Waals surface area contributed by atoms with Crippen LogP contribution in [0, 0.1) is 20.8 Å². The van der Waals surface area contributed by atoms with Crippen LogP contribution in [0.3, 0.4) is 0 Å². The lowest BCUT2D eigenvalue weighted by molar-refractivity contribution is 0.218. The van der Waals surface area contributed by atoms with Gasteiger partial charge >= 0.3 is 0 Å². The largest absolute Gasteiger partial charge is 0.384 e. The van der Waals surface area contributed by atoms with E-state index < -0.39 is 6.10 Å². The minimum absolute atomic E-state index is 0.567. The van der Waals surface area contributed by atoms with Crippen LogP contribution in [0.15, 0.2) is 40.9 Å². The van der Waals surface area contributed by atoms with E-state index in [1.165, 1.54) is 5.56 Å². The minimum Gasteiger partial charge on any atom is -0.384 e. The summed E-state index contributed by atoms with van der Waals surface area (Å²) in [5, 5.41) is 10.5. The summed E-state index contributed by atoms with van der Waals surface area (Å²) in [6, 6.07) is 12.2. The van der Waals surface area contributed by atoms with Crippen molar-refractivity contribution in [2.45, 2.75) is 26.9 Å². The average Bonchev–Trinajstić information content (AvgIpc) is 2.31. The lowest BCUT2D eigenvalue weighted by Crippen LogP contribution is -2.04. The van der Waals surface area contributed by atoms with Gasteiger partial charge in [0.05, 0.1) is 0 Å². The van der Waals surface area contributed by atoms with Gasteiger partial charge in [-0.1, -0.05) is 45.8 Å². The molecule has 1 unspecified atom stereocenters. The van der Waals surface area contributed by atoms with E-state index in [0.717, 1.165) is 26.7 Å². The van der Waals surface area contributed by atoms with Gasteiger partial charge < -0.3 is 5.11 Å². The first-order valence-corrected chi connectivity index (χ1v) is 6.79. The monoisotopic (exact) mass is 304 g/mol. The molecular weight excluding hydrogens is 288 g/mol. The molecule has 2 aromatic carbocycles. The van der Waals surface area contributed by atoms with Gasteiger partial charge in [0.25, 0.3) is 0 Å². The lowest BCUT2D eigenvalue weighted by Gasteiger charge is -2.17. The van der Waals surface area contributed by atoms with E-state index in [2.05, 4.69) is 28.9 Å². The maximum absolute atomic E-state index is 10.5. The second-order valence-corrected chi connectivity index (χ2v) is 5.68. The van der Waals surface area contributed by atoms with Crippen molar-refractivity contribution in [3.05, 3.63) is 68.7 Å². The fourth-order valence-electron chi connectivity index (χ4n) is 2.21. The predicted molar refractivity (Wildman–Crippen MR) is 78.9 cm³/mol. The summed E-state index contributed by atoms with van der Waals surface area (Å²) in [6.45, 7) is 6.13. The molecule has 0 amide bonds. The van der Waals surface area contributed by atoms with Gasteiger partial charge in [-0.3, -0.25) is 0 Å². The number of aliphatic hydroxyl groups is 1. The van der Waals surface area contributed by atoms with E-state index in [4.69, 9.17) is 0 Å². The van der Waals surface area contributed by atoms with Gasteiger partial charge in [0.15, 0.2) is 0 Å². The molecule has 0 aliphatic heterocycles. The molecule has 1 atom stereocenters. The van der Waals surface area contributed by atoms with Crippen molar-refractivity contribution in [3.8, 4) is 0 Å². The maximum Gasteiger partial charge on any atom is 0.105 e. The molecule has 0 aromatic heterocycles. The van der Waals surface area contributed by atoms with Crippen molar-refractivity contribution in [2.75, 3.05) is 0 Å². The van der Waals surface area contributed by atoms with Crippen LogP contribution in [-0.2, 0) is 0 Å². The van der Waals surface area contributed by atoms with Crippen molar-refractivity contribution in [2.24, 2.45) is 0 Å². The summed E-state index contributed by atoms with van der Waals surface area (Å²) < 4.78 is 0.993. The summed E-state index contributed by atoms with van der Waals surface area (Å²) in [5.74, 6) is 0. The number of rotatable bonds is 2. The predicted octanol–water partition coefficient (Wildman–Crippen LogP) is 4.46. The molecule has 1 N–H and O–H groups in total. The van der Waals surface area contributed by atoms with Crippen LogP contribution in [0.1, 0.15) is 33.9 Å². The summed E-state index contributed by atoms with van der Waals surface area (Å²) in [4.78, 5) is 0. The van der Waals surface area contributed by atoms with Crippen LogP contribution in [0.5, 0.6) is 0 Å². The highest BCUT2D eigenvalue weighted by Gasteiger charge is 2.15. The number of aliphatic hydroxyl groups excluding tert-OH is 1. The molecule has 2 rings (SSSR count). The van der Waals surface area contributed by atoms with Crippen LogP contribution in [-0.4, -0.2) is 5.11 Å². The highest BCUT2D eigenvalue weighted by Crippen LogP contribution is 2.29. The molecule has 0 saturated carbocycles. The summed E-state index contributed by atoms with van der Waals surface area (Å²) in [5.41, 5.74) is 5.38. The summed E-state index contributed by atoms with van der Waals surface area (Å²) in [6.07, 6.45) is -0.567. The first-order valence-electron chi connectivity index (χ1n) is 6.00. The summed E-state index contributed by atoms with van der Waals surface area (Å²) in [7, 11) is 0. The van der Waals surface area contributed by atoms with Crippen LogP contribution >= 0.6 is 15.9 Å². The Morgan fingerprint density at radius 1 is 0.889 bits per heavy atom. The van der Waals surface area contributed by atoms with E-state index in [0.29, 0.717) is 0 Å². The minimum atomic E-state index is -0.567. The number of aryl methyl sites for hydroxylation is 3. The second-order valence-electron chi connectivity index (χ2n) is 4.76. The van der Waals surface area contributed by atoms with Crippen LogP contribution < -0.4 is 0 Å². The van der Waals surface area contributed by atoms with Gasteiger partial charge in [-0.25, -0.2) is 0 Å². The molecule has 0 bridgehead atoms. The van der Waals surface area contributed by atoms with Gasteiger partial charge in [-0.2, -0.15) is 0 Å². The first-order chi connectivity index (χ1) is 8.49. The first kappa shape index (κ1) is 13.3. The number of benzene rings is 2. The van der Waals surface area contributed by atoms with E-state index in [1.54, 1.807) is 0 Å². The second kappa shape index (κ2) is 5.25. The fourth-order valence-corrected chi connectivity index (χ4v) is 2.58. The average molecular weight is 305 g/mol. The van der Waals surface area contributed by atoms with Gasteiger partial charge in [0, 0.05) is 4.47 Å². The molecule has 18 heavy (non-hydrogen) atoms. The molecule has 0 aliphatic carbocycles. The van der Waals surface area contributed by atoms with Crippen LogP contribution in [0.4, 0.5) is 0 Å². The lowest BCUT2D eigenvalue weighted by atomic mass is 9.94. The molecule has 0 radical (unpaired) electrons. The zero-order chi connectivity index (χ0) is 13.3. The molecule has 1 nitrogen and oxygen atoms in total. The third kappa shape index (κ3) is 2.65. The van der Waals surface area contributed by atoms with Gasteiger partial charge in [-0.15, -0.1) is 0 Å². The van der Waals surface area contributed by atoms with Gasteiger partial charge in [0.1, 0.15) is 6.10 Å². The normalized spacial score (nSPS) is 12.5. The molecule has 2 heteroatoms. The Bertz CT molecular complexity index is 575. The topological polar surface area (TPSA) is 20.2 Å².